The lowest BCUT2D eigenvalue weighted by Crippen LogP contribution is -2.03. The summed E-state index contributed by atoms with van der Waals surface area (Å²) in [5, 5.41) is 0. The summed E-state index contributed by atoms with van der Waals surface area (Å²) in [5.74, 6) is 7.31. The summed E-state index contributed by atoms with van der Waals surface area (Å²) in [7, 11) is 0. The summed E-state index contributed by atoms with van der Waals surface area (Å²) in [6, 6.07) is 18.0. The highest BCUT2D eigenvalue weighted by molar-refractivity contribution is 5.85. The third-order valence-electron chi connectivity index (χ3n) is 10.9. The quantitative estimate of drug-likeness (QED) is 0.0458. The molecule has 2 aromatic carbocycles. The molecule has 52 heavy (non-hydrogen) atoms. The molecule has 0 N–H and O–H groups in total. The lowest BCUT2D eigenvalue weighted by Gasteiger charge is -2.11. The number of allylic oxidation sites excluding steroid dienone is 2. The van der Waals surface area contributed by atoms with Crippen LogP contribution in [-0.4, -0.2) is 4.70 Å². The smallest absolute Gasteiger partial charge is 0.223 e. The molecular formula is C50H76N2. The number of benzene rings is 2. The highest BCUT2D eigenvalue weighted by atomic mass is 15.2. The molecule has 0 aromatic heterocycles. The predicted octanol–water partition coefficient (Wildman–Crippen LogP) is 16.2. The zero-order valence-corrected chi connectivity index (χ0v) is 34.3. The van der Waals surface area contributed by atoms with Crippen LogP contribution in [0.3, 0.4) is 0 Å². The Kier molecular flexibility index (Phi) is 23.1. The van der Waals surface area contributed by atoms with Gasteiger partial charge in [-0.25, -0.2) is 4.70 Å². The summed E-state index contributed by atoms with van der Waals surface area (Å²) in [4.78, 5) is 0. The second-order valence-corrected chi connectivity index (χ2v) is 15.6. The number of unbranched alkanes of at least 4 members (excludes halogenated alkanes) is 21. The van der Waals surface area contributed by atoms with Crippen LogP contribution in [0.25, 0.3) is 16.9 Å². The maximum absolute atomic E-state index is 12.3. The number of hydrogen-bond donors (Lipinski definition) is 0. The molecule has 0 spiro atoms. The largest absolute Gasteiger partial charge is 0.493 e. The fraction of sp³-hybridized carbons (Fsp3) is 0.640. The molecule has 2 nitrogen and oxygen atoms in total. The Bertz CT molecular complexity index is 1410. The van der Waals surface area contributed by atoms with Gasteiger partial charge in [-0.05, 0) is 80.3 Å². The van der Waals surface area contributed by atoms with Gasteiger partial charge in [-0.1, -0.05) is 192 Å². The van der Waals surface area contributed by atoms with Crippen molar-refractivity contribution in [1.82, 2.24) is 0 Å². The van der Waals surface area contributed by atoms with E-state index in [0.29, 0.717) is 0 Å². The first-order chi connectivity index (χ1) is 25.6. The van der Waals surface area contributed by atoms with E-state index in [1.807, 2.05) is 0 Å². The monoisotopic (exact) mass is 705 g/mol. The highest BCUT2D eigenvalue weighted by Crippen LogP contribution is 2.42. The third kappa shape index (κ3) is 16.0. The standard InChI is InChI=1S/C50H76N2/c1-5-9-13-16-19-20-21-22-23-26-30-40-48-47(39-27-12-8-4)49(45-37-31-35-43(41-45)33-28-24-17-14-10-6-2)52(51)50(48)46-38-32-36-44(42-46)34-29-25-18-15-11-7-3/h31-32,35-38,41-42H,5-29,33-34,39H2,1-4H3. The summed E-state index contributed by atoms with van der Waals surface area (Å²) in [6.07, 6.45) is 35.1. The number of rotatable bonds is 29. The van der Waals surface area contributed by atoms with Crippen molar-refractivity contribution in [2.45, 2.75) is 207 Å². The summed E-state index contributed by atoms with van der Waals surface area (Å²) < 4.78 is 1.53. The van der Waals surface area contributed by atoms with Crippen molar-refractivity contribution in [2.24, 2.45) is 0 Å². The molecule has 0 saturated carbocycles. The molecule has 2 aromatic rings. The van der Waals surface area contributed by atoms with Crippen LogP contribution >= 0.6 is 0 Å². The van der Waals surface area contributed by atoms with Gasteiger partial charge in [-0.15, -0.1) is 0 Å². The van der Waals surface area contributed by atoms with Crippen LogP contribution in [0.5, 0.6) is 0 Å². The Hall–Kier alpha value is -2.92. The molecule has 286 valence electrons. The second kappa shape index (κ2) is 27.7. The van der Waals surface area contributed by atoms with Gasteiger partial charge in [0.1, 0.15) is 5.57 Å². The minimum Gasteiger partial charge on any atom is -0.493 e. The van der Waals surface area contributed by atoms with E-state index in [1.54, 1.807) is 0 Å². The number of aryl methyl sites for hydroxylation is 2. The van der Waals surface area contributed by atoms with Gasteiger partial charge in [0.15, 0.2) is 0 Å². The van der Waals surface area contributed by atoms with Gasteiger partial charge in [-0.3, -0.25) is 0 Å². The van der Waals surface area contributed by atoms with Gasteiger partial charge in [0.2, 0.25) is 11.4 Å². The van der Waals surface area contributed by atoms with Crippen LogP contribution < -0.4 is 0 Å². The van der Waals surface area contributed by atoms with E-state index in [9.17, 15) is 5.53 Å². The van der Waals surface area contributed by atoms with Crippen LogP contribution in [0.1, 0.15) is 217 Å². The van der Waals surface area contributed by atoms with Gasteiger partial charge in [-0.2, -0.15) is 0 Å². The van der Waals surface area contributed by atoms with Crippen LogP contribution in [0.4, 0.5) is 0 Å². The van der Waals surface area contributed by atoms with Crippen molar-refractivity contribution < 1.29 is 4.70 Å². The summed E-state index contributed by atoms with van der Waals surface area (Å²) in [6.45, 7) is 9.13. The highest BCUT2D eigenvalue weighted by Gasteiger charge is 2.35. The van der Waals surface area contributed by atoms with E-state index >= 15 is 0 Å². The van der Waals surface area contributed by atoms with Gasteiger partial charge in [0.25, 0.3) is 0 Å². The maximum atomic E-state index is 12.3. The van der Waals surface area contributed by atoms with E-state index in [-0.39, 0.29) is 0 Å². The fourth-order valence-electron chi connectivity index (χ4n) is 7.74. The van der Waals surface area contributed by atoms with Gasteiger partial charge in [0.05, 0.1) is 0 Å². The van der Waals surface area contributed by atoms with Crippen LogP contribution in [0.2, 0.25) is 0 Å². The lowest BCUT2D eigenvalue weighted by molar-refractivity contribution is -0.345. The molecule has 0 atom stereocenters. The topological polar surface area (TPSA) is 25.3 Å². The van der Waals surface area contributed by atoms with E-state index in [1.165, 1.54) is 163 Å². The van der Waals surface area contributed by atoms with Crippen molar-refractivity contribution in [2.75, 3.05) is 0 Å². The first-order valence-electron chi connectivity index (χ1n) is 22.3. The van der Waals surface area contributed by atoms with E-state index < -0.39 is 0 Å². The van der Waals surface area contributed by atoms with Crippen LogP contribution in [0, 0.1) is 11.8 Å². The molecule has 1 heterocycles. The molecular weight excluding hydrogens is 629 g/mol. The first kappa shape index (κ1) is 43.5. The Morgan fingerprint density at radius 3 is 1.37 bits per heavy atom. The van der Waals surface area contributed by atoms with E-state index in [4.69, 9.17) is 0 Å². The number of hydrogen-bond acceptors (Lipinski definition) is 0. The molecule has 0 unspecified atom stereocenters. The molecule has 0 amide bonds. The first-order valence-corrected chi connectivity index (χ1v) is 22.3. The van der Waals surface area contributed by atoms with Gasteiger partial charge >= 0.3 is 0 Å². The fourth-order valence-corrected chi connectivity index (χ4v) is 7.74. The molecule has 1 aliphatic rings. The van der Waals surface area contributed by atoms with Crippen molar-refractivity contribution in [3.05, 3.63) is 87.5 Å². The summed E-state index contributed by atoms with van der Waals surface area (Å²) in [5.41, 5.74) is 21.3. The van der Waals surface area contributed by atoms with E-state index in [2.05, 4.69) is 88.1 Å². The number of nitrogens with zero attached hydrogens (tertiary/aromatic N) is 2. The molecule has 3 rings (SSSR count). The Morgan fingerprint density at radius 1 is 0.462 bits per heavy atom. The predicted molar refractivity (Wildman–Crippen MR) is 228 cm³/mol. The van der Waals surface area contributed by atoms with Gasteiger partial charge in [0, 0.05) is 23.1 Å². The van der Waals surface area contributed by atoms with Gasteiger partial charge < -0.3 is 5.53 Å². The molecule has 2 heteroatoms. The van der Waals surface area contributed by atoms with E-state index in [0.717, 1.165) is 66.6 Å². The lowest BCUT2D eigenvalue weighted by atomic mass is 9.94. The zero-order valence-electron chi connectivity index (χ0n) is 34.3. The summed E-state index contributed by atoms with van der Waals surface area (Å²) >= 11 is 0. The Balaban J connectivity index is 1.87. The molecule has 1 aliphatic heterocycles. The zero-order chi connectivity index (χ0) is 37.1. The normalized spacial score (nSPS) is 13.0. The third-order valence-corrected chi connectivity index (χ3v) is 10.9. The minimum absolute atomic E-state index is 0.882. The van der Waals surface area contributed by atoms with Crippen LogP contribution in [-0.2, 0) is 12.8 Å². The molecule has 0 saturated heterocycles. The van der Waals surface area contributed by atoms with Crippen molar-refractivity contribution in [1.29, 1.82) is 0 Å². The molecule has 0 fully saturated rings. The molecule has 0 bridgehead atoms. The van der Waals surface area contributed by atoms with Crippen molar-refractivity contribution in [3.8, 4) is 11.8 Å². The average Bonchev–Trinajstić information content (AvgIpc) is 3.44. The molecule has 0 radical (unpaired) electrons. The SMILES string of the molecule is CCCCCCCCCCCC#CC1=C(c2cccc(CCCCCCCC)c2)[N+](=[N-])C(c2cccc(CCCCCCCC)c2)=C1CCCCC. The minimum atomic E-state index is 0.882. The van der Waals surface area contributed by atoms with Crippen molar-refractivity contribution >= 4 is 11.4 Å². The average molecular weight is 705 g/mol. The van der Waals surface area contributed by atoms with Crippen molar-refractivity contribution in [3.63, 3.8) is 0 Å². The maximum Gasteiger partial charge on any atom is 0.223 e. The Morgan fingerprint density at radius 2 is 0.865 bits per heavy atom. The van der Waals surface area contributed by atoms with Crippen LogP contribution in [0.15, 0.2) is 59.7 Å². The molecule has 0 aliphatic carbocycles. The second-order valence-electron chi connectivity index (χ2n) is 15.6. The Labute approximate surface area is 321 Å².